The van der Waals surface area contributed by atoms with Crippen molar-refractivity contribution >= 4 is 60.2 Å². The standard InChI is InChI=1S/C50H33N5/c1-2-7-21-37(20-6-1)54-46-25-12-9-22-38(46)40-28-29-41-39-23-10-13-26-47(39)55(49(41)48(40)54)50-52-44(33-15-4-3-5-16-33)32-45(53-50)36-19-14-18-35(31-36)43-30-27-34-17-8-11-24-42(34)51-43/h1-20,22-32H,21H2. The van der Waals surface area contributed by atoms with Gasteiger partial charge in [-0.3, -0.25) is 4.57 Å². The van der Waals surface area contributed by atoms with Crippen LogP contribution in [0.25, 0.3) is 99.9 Å². The molecular weight excluding hydrogens is 671 g/mol. The Labute approximate surface area is 317 Å². The van der Waals surface area contributed by atoms with Crippen LogP contribution in [0.4, 0.5) is 0 Å². The maximum Gasteiger partial charge on any atom is 0.235 e. The van der Waals surface area contributed by atoms with Gasteiger partial charge in [-0.1, -0.05) is 146 Å². The highest BCUT2D eigenvalue weighted by atomic mass is 15.2. The largest absolute Gasteiger partial charge is 0.311 e. The summed E-state index contributed by atoms with van der Waals surface area (Å²) in [6.45, 7) is 0. The van der Waals surface area contributed by atoms with Gasteiger partial charge in [-0.25, -0.2) is 15.0 Å². The average molecular weight is 704 g/mol. The van der Waals surface area contributed by atoms with Gasteiger partial charge in [0.1, 0.15) is 0 Å². The molecule has 0 spiro atoms. The van der Waals surface area contributed by atoms with Crippen LogP contribution in [-0.2, 0) is 0 Å². The van der Waals surface area contributed by atoms with Crippen molar-refractivity contribution < 1.29 is 0 Å². The predicted octanol–water partition coefficient (Wildman–Crippen LogP) is 12.6. The van der Waals surface area contributed by atoms with Gasteiger partial charge >= 0.3 is 0 Å². The van der Waals surface area contributed by atoms with Crippen LogP contribution in [0.3, 0.4) is 0 Å². The lowest BCUT2D eigenvalue weighted by Gasteiger charge is -2.15. The average Bonchev–Trinajstić information content (AvgIpc) is 3.63. The van der Waals surface area contributed by atoms with Gasteiger partial charge in [-0.15, -0.1) is 0 Å². The van der Waals surface area contributed by atoms with E-state index in [-0.39, 0.29) is 0 Å². The van der Waals surface area contributed by atoms with Gasteiger partial charge < -0.3 is 4.57 Å². The molecule has 5 heteroatoms. The zero-order valence-corrected chi connectivity index (χ0v) is 29.8. The first-order chi connectivity index (χ1) is 27.3. The number of fused-ring (bicyclic) bond motifs is 8. The van der Waals surface area contributed by atoms with E-state index >= 15 is 0 Å². The van der Waals surface area contributed by atoms with Crippen LogP contribution < -0.4 is 0 Å². The Hall–Kier alpha value is -7.37. The second-order valence-electron chi connectivity index (χ2n) is 14.0. The van der Waals surface area contributed by atoms with Crippen LogP contribution >= 0.6 is 0 Å². The molecule has 4 heterocycles. The minimum Gasteiger partial charge on any atom is -0.311 e. The van der Waals surface area contributed by atoms with Crippen molar-refractivity contribution in [1.29, 1.82) is 0 Å². The number of para-hydroxylation sites is 3. The Morgan fingerprint density at radius 2 is 1.05 bits per heavy atom. The SMILES string of the molecule is C1=CC=C(n2c3ccccc3c3ccc4c5ccccc5n(-c5nc(-c6ccccc6)cc(-c6cccc(-c7ccc8ccccc8n7)c6)n5)c4c32)CC=C1. The third-order valence-electron chi connectivity index (χ3n) is 10.8. The summed E-state index contributed by atoms with van der Waals surface area (Å²) >= 11 is 0. The smallest absolute Gasteiger partial charge is 0.235 e. The van der Waals surface area contributed by atoms with Crippen molar-refractivity contribution in [3.63, 3.8) is 0 Å². The molecule has 0 aliphatic heterocycles. The lowest BCUT2D eigenvalue weighted by atomic mass is 10.0. The number of pyridine rings is 1. The zero-order chi connectivity index (χ0) is 36.3. The molecule has 1 aliphatic carbocycles. The fraction of sp³-hybridized carbons (Fsp3) is 0.0200. The van der Waals surface area contributed by atoms with Crippen LogP contribution in [0, 0.1) is 0 Å². The van der Waals surface area contributed by atoms with E-state index in [4.69, 9.17) is 15.0 Å². The first-order valence-electron chi connectivity index (χ1n) is 18.7. The molecule has 6 aromatic carbocycles. The van der Waals surface area contributed by atoms with Crippen LogP contribution in [0.5, 0.6) is 0 Å². The van der Waals surface area contributed by atoms with E-state index in [1.54, 1.807) is 0 Å². The second kappa shape index (κ2) is 12.6. The molecule has 55 heavy (non-hydrogen) atoms. The minimum absolute atomic E-state index is 0.621. The minimum atomic E-state index is 0.621. The van der Waals surface area contributed by atoms with Gasteiger partial charge in [0, 0.05) is 55.7 Å². The van der Waals surface area contributed by atoms with Gasteiger partial charge in [-0.05, 0) is 42.5 Å². The molecule has 1 aliphatic rings. The summed E-state index contributed by atoms with van der Waals surface area (Å²) in [5.41, 5.74) is 12.3. The first-order valence-corrected chi connectivity index (χ1v) is 18.7. The summed E-state index contributed by atoms with van der Waals surface area (Å²) < 4.78 is 4.74. The highest BCUT2D eigenvalue weighted by Gasteiger charge is 2.23. The lowest BCUT2D eigenvalue weighted by Crippen LogP contribution is -2.05. The topological polar surface area (TPSA) is 48.5 Å². The highest BCUT2D eigenvalue weighted by molar-refractivity contribution is 6.24. The van der Waals surface area contributed by atoms with Crippen LogP contribution in [0.15, 0.2) is 188 Å². The van der Waals surface area contributed by atoms with Crippen LogP contribution in [0.2, 0.25) is 0 Å². The summed E-state index contributed by atoms with van der Waals surface area (Å²) in [4.78, 5) is 15.9. The van der Waals surface area contributed by atoms with E-state index in [1.807, 2.05) is 18.2 Å². The van der Waals surface area contributed by atoms with Crippen molar-refractivity contribution in [2.45, 2.75) is 6.42 Å². The third-order valence-corrected chi connectivity index (χ3v) is 10.8. The predicted molar refractivity (Wildman–Crippen MR) is 228 cm³/mol. The number of benzene rings is 6. The Balaban J connectivity index is 1.21. The third kappa shape index (κ3) is 5.12. The zero-order valence-electron chi connectivity index (χ0n) is 29.8. The molecule has 258 valence electrons. The monoisotopic (exact) mass is 703 g/mol. The van der Waals surface area contributed by atoms with Gasteiger partial charge in [0.05, 0.1) is 44.7 Å². The number of hydrogen-bond acceptors (Lipinski definition) is 3. The molecule has 0 fully saturated rings. The van der Waals surface area contributed by atoms with Crippen molar-refractivity contribution in [1.82, 2.24) is 24.1 Å². The number of hydrogen-bond donors (Lipinski definition) is 0. The molecule has 0 saturated heterocycles. The molecule has 0 N–H and O–H groups in total. The van der Waals surface area contributed by atoms with E-state index in [0.29, 0.717) is 5.95 Å². The molecule has 0 atom stereocenters. The summed E-state index contributed by atoms with van der Waals surface area (Å²) in [6.07, 6.45) is 11.6. The van der Waals surface area contributed by atoms with Crippen molar-refractivity contribution in [3.05, 3.63) is 188 Å². The van der Waals surface area contributed by atoms with Crippen LogP contribution in [0.1, 0.15) is 6.42 Å². The van der Waals surface area contributed by atoms with Crippen LogP contribution in [-0.4, -0.2) is 24.1 Å². The normalized spacial score (nSPS) is 13.0. The molecule has 10 aromatic rings. The quantitative estimate of drug-likeness (QED) is 0.179. The summed E-state index contributed by atoms with van der Waals surface area (Å²) in [7, 11) is 0. The number of nitrogens with zero attached hydrogens (tertiary/aromatic N) is 5. The van der Waals surface area contributed by atoms with Gasteiger partial charge in [0.25, 0.3) is 0 Å². The molecule has 0 bridgehead atoms. The Morgan fingerprint density at radius 1 is 0.418 bits per heavy atom. The molecule has 5 nitrogen and oxygen atoms in total. The fourth-order valence-electron chi connectivity index (χ4n) is 8.24. The van der Waals surface area contributed by atoms with E-state index in [9.17, 15) is 0 Å². The van der Waals surface area contributed by atoms with E-state index in [1.165, 1.54) is 22.0 Å². The molecular formula is C50H33N5. The molecule has 0 saturated carbocycles. The summed E-state index contributed by atoms with van der Waals surface area (Å²) in [5, 5.41) is 5.85. The lowest BCUT2D eigenvalue weighted by molar-refractivity contribution is 0.995. The molecule has 0 unspecified atom stereocenters. The number of rotatable bonds is 5. The molecule has 11 rings (SSSR count). The molecule has 0 radical (unpaired) electrons. The Kier molecular flexibility index (Phi) is 7.17. The maximum atomic E-state index is 5.46. The van der Waals surface area contributed by atoms with E-state index < -0.39 is 0 Å². The summed E-state index contributed by atoms with van der Waals surface area (Å²) in [6, 6.07) is 55.5. The fourth-order valence-corrected chi connectivity index (χ4v) is 8.24. The first kappa shape index (κ1) is 31.2. The van der Waals surface area contributed by atoms with Crippen molar-refractivity contribution in [2.24, 2.45) is 0 Å². The van der Waals surface area contributed by atoms with Crippen molar-refractivity contribution in [2.75, 3.05) is 0 Å². The molecule has 4 aromatic heterocycles. The highest BCUT2D eigenvalue weighted by Crippen LogP contribution is 2.42. The van der Waals surface area contributed by atoms with Gasteiger partial charge in [0.15, 0.2) is 0 Å². The summed E-state index contributed by atoms with van der Waals surface area (Å²) in [5.74, 6) is 0.621. The van der Waals surface area contributed by atoms with Crippen molar-refractivity contribution in [3.8, 4) is 39.7 Å². The Morgan fingerprint density at radius 3 is 1.85 bits per heavy atom. The number of aromatic nitrogens is 5. The van der Waals surface area contributed by atoms with E-state index in [2.05, 4.69) is 179 Å². The Bertz CT molecular complexity index is 3230. The van der Waals surface area contributed by atoms with Gasteiger partial charge in [-0.2, -0.15) is 0 Å². The molecule has 0 amide bonds. The van der Waals surface area contributed by atoms with E-state index in [0.717, 1.165) is 78.4 Å². The second-order valence-corrected chi connectivity index (χ2v) is 14.0. The number of allylic oxidation sites excluding steroid dienone is 6. The van der Waals surface area contributed by atoms with Gasteiger partial charge in [0.2, 0.25) is 5.95 Å². The maximum absolute atomic E-state index is 5.46.